The highest BCUT2D eigenvalue weighted by Gasteiger charge is 2.26. The maximum Gasteiger partial charge on any atom is 0.274 e. The number of hydrogen-bond donors (Lipinski definition) is 1. The summed E-state index contributed by atoms with van der Waals surface area (Å²) in [6, 6.07) is 15.5. The zero-order chi connectivity index (χ0) is 11.7. The van der Waals surface area contributed by atoms with Crippen molar-refractivity contribution in [1.29, 1.82) is 0 Å². The van der Waals surface area contributed by atoms with E-state index in [4.69, 9.17) is 0 Å². The van der Waals surface area contributed by atoms with Crippen LogP contribution >= 0.6 is 0 Å². The molecule has 2 heteroatoms. The van der Waals surface area contributed by atoms with Crippen LogP contribution in [0.1, 0.15) is 23.6 Å². The third-order valence-electron chi connectivity index (χ3n) is 3.37. The summed E-state index contributed by atoms with van der Waals surface area (Å²) in [5.41, 5.74) is 2.70. The van der Waals surface area contributed by atoms with Gasteiger partial charge in [-0.25, -0.2) is 4.57 Å². The van der Waals surface area contributed by atoms with Crippen LogP contribution in [0.15, 0.2) is 48.7 Å². The van der Waals surface area contributed by atoms with Gasteiger partial charge in [0.1, 0.15) is 6.04 Å². The molecule has 86 valence electrons. The van der Waals surface area contributed by atoms with Gasteiger partial charge in [-0.1, -0.05) is 30.3 Å². The maximum atomic E-state index is 3.45. The van der Waals surface area contributed by atoms with Crippen molar-refractivity contribution in [3.05, 3.63) is 59.8 Å². The highest BCUT2D eigenvalue weighted by Crippen LogP contribution is 2.22. The number of pyridine rings is 1. The van der Waals surface area contributed by atoms with Crippen LogP contribution in [-0.4, -0.2) is 6.54 Å². The van der Waals surface area contributed by atoms with Crippen LogP contribution in [0.25, 0.3) is 0 Å². The number of nitrogens with one attached hydrogen (secondary N) is 1. The van der Waals surface area contributed by atoms with E-state index >= 15 is 0 Å². The van der Waals surface area contributed by atoms with Crippen molar-refractivity contribution in [3.63, 3.8) is 0 Å². The van der Waals surface area contributed by atoms with Crippen LogP contribution in [0, 0.1) is 6.92 Å². The van der Waals surface area contributed by atoms with Gasteiger partial charge in [-0.05, 0) is 24.1 Å². The number of aryl methyl sites for hydroxylation is 1. The summed E-state index contributed by atoms with van der Waals surface area (Å²) in [6.07, 6.45) is 3.38. The molecule has 2 nitrogen and oxygen atoms in total. The number of fused-ring (bicyclic) bond motifs is 1. The number of aromatic nitrogens is 1. The van der Waals surface area contributed by atoms with Crippen LogP contribution in [0.4, 0.5) is 5.82 Å². The summed E-state index contributed by atoms with van der Waals surface area (Å²) in [4.78, 5) is 0. The van der Waals surface area contributed by atoms with Crippen molar-refractivity contribution in [1.82, 2.24) is 0 Å². The van der Waals surface area contributed by atoms with Crippen LogP contribution in [0.3, 0.4) is 0 Å². The second kappa shape index (κ2) is 4.21. The molecule has 17 heavy (non-hydrogen) atoms. The number of anilines is 1. The van der Waals surface area contributed by atoms with E-state index in [1.807, 2.05) is 0 Å². The van der Waals surface area contributed by atoms with Crippen molar-refractivity contribution < 1.29 is 4.57 Å². The molecule has 1 unspecified atom stereocenters. The number of benzene rings is 1. The molecule has 1 aromatic heterocycles. The molecule has 3 rings (SSSR count). The van der Waals surface area contributed by atoms with Crippen molar-refractivity contribution in [2.75, 3.05) is 11.9 Å². The van der Waals surface area contributed by atoms with Crippen LogP contribution in [0.5, 0.6) is 0 Å². The van der Waals surface area contributed by atoms with Crippen molar-refractivity contribution in [3.8, 4) is 0 Å². The Morgan fingerprint density at radius 3 is 2.76 bits per heavy atom. The van der Waals surface area contributed by atoms with Crippen LogP contribution in [-0.2, 0) is 0 Å². The minimum Gasteiger partial charge on any atom is -0.274 e. The van der Waals surface area contributed by atoms with Gasteiger partial charge in [0.05, 0.1) is 12.7 Å². The number of rotatable bonds is 1. The Morgan fingerprint density at radius 2 is 1.94 bits per heavy atom. The van der Waals surface area contributed by atoms with Gasteiger partial charge in [0.2, 0.25) is 0 Å². The second-order valence-corrected chi connectivity index (χ2v) is 4.64. The monoisotopic (exact) mass is 225 g/mol. The molecule has 1 N–H and O–H groups in total. The Morgan fingerprint density at radius 1 is 1.12 bits per heavy atom. The molecule has 1 atom stereocenters. The Balaban J connectivity index is 2.08. The second-order valence-electron chi connectivity index (χ2n) is 4.64. The topological polar surface area (TPSA) is 15.9 Å². The molecule has 2 heterocycles. The highest BCUT2D eigenvalue weighted by molar-refractivity contribution is 5.32. The lowest BCUT2D eigenvalue weighted by Gasteiger charge is -2.22. The minimum absolute atomic E-state index is 0.465. The van der Waals surface area contributed by atoms with Gasteiger partial charge in [0, 0.05) is 12.5 Å². The van der Waals surface area contributed by atoms with Crippen molar-refractivity contribution in [2.24, 2.45) is 0 Å². The van der Waals surface area contributed by atoms with Gasteiger partial charge >= 0.3 is 0 Å². The lowest BCUT2D eigenvalue weighted by atomic mass is 10.0. The van der Waals surface area contributed by atoms with Gasteiger partial charge in [-0.3, -0.25) is 5.32 Å². The number of hydrogen-bond acceptors (Lipinski definition) is 1. The Kier molecular flexibility index (Phi) is 2.56. The van der Waals surface area contributed by atoms with Gasteiger partial charge in [0.25, 0.3) is 5.82 Å². The van der Waals surface area contributed by atoms with Crippen LogP contribution < -0.4 is 9.88 Å². The third-order valence-corrected chi connectivity index (χ3v) is 3.37. The summed E-state index contributed by atoms with van der Waals surface area (Å²) >= 11 is 0. The van der Waals surface area contributed by atoms with Crippen LogP contribution in [0.2, 0.25) is 0 Å². The van der Waals surface area contributed by atoms with E-state index in [1.54, 1.807) is 0 Å². The largest absolute Gasteiger partial charge is 0.274 e. The molecule has 1 aliphatic heterocycles. The fourth-order valence-corrected chi connectivity index (χ4v) is 2.51. The molecule has 1 aromatic carbocycles. The predicted molar refractivity (Wildman–Crippen MR) is 69.1 cm³/mol. The van der Waals surface area contributed by atoms with Gasteiger partial charge in [-0.15, -0.1) is 0 Å². The summed E-state index contributed by atoms with van der Waals surface area (Å²) in [7, 11) is 0. The first-order valence-corrected chi connectivity index (χ1v) is 6.15. The Hall–Kier alpha value is -1.83. The molecule has 0 amide bonds. The Bertz CT molecular complexity index is 520. The molecule has 0 bridgehead atoms. The molecule has 0 spiro atoms. The average molecular weight is 225 g/mol. The zero-order valence-corrected chi connectivity index (χ0v) is 10.1. The molecule has 0 saturated heterocycles. The molecule has 0 fully saturated rings. The minimum atomic E-state index is 0.465. The van der Waals surface area contributed by atoms with Crippen molar-refractivity contribution >= 4 is 5.82 Å². The van der Waals surface area contributed by atoms with Crippen molar-refractivity contribution in [2.45, 2.75) is 19.4 Å². The van der Waals surface area contributed by atoms with E-state index in [0.29, 0.717) is 6.04 Å². The van der Waals surface area contributed by atoms with E-state index in [0.717, 1.165) is 13.0 Å². The van der Waals surface area contributed by atoms with Gasteiger partial charge in [-0.2, -0.15) is 0 Å². The smallest absolute Gasteiger partial charge is 0.274 e. The lowest BCUT2D eigenvalue weighted by Crippen LogP contribution is -2.47. The zero-order valence-electron chi connectivity index (χ0n) is 10.1. The highest BCUT2D eigenvalue weighted by atomic mass is 15.1. The van der Waals surface area contributed by atoms with E-state index in [2.05, 4.69) is 65.5 Å². The summed E-state index contributed by atoms with van der Waals surface area (Å²) in [5.74, 6) is 1.22. The lowest BCUT2D eigenvalue weighted by molar-refractivity contribution is -0.704. The molecule has 0 radical (unpaired) electrons. The fourth-order valence-electron chi connectivity index (χ4n) is 2.51. The first-order valence-electron chi connectivity index (χ1n) is 6.15. The molecule has 0 aliphatic carbocycles. The molecule has 1 aliphatic rings. The number of nitrogens with zero attached hydrogens (tertiary/aromatic N) is 1. The molecular formula is C15H17N2+. The Labute approximate surface area is 102 Å². The first-order chi connectivity index (χ1) is 8.34. The first kappa shape index (κ1) is 10.3. The van der Waals surface area contributed by atoms with E-state index in [9.17, 15) is 0 Å². The maximum absolute atomic E-state index is 3.45. The van der Waals surface area contributed by atoms with E-state index in [-0.39, 0.29) is 0 Å². The van der Waals surface area contributed by atoms with Gasteiger partial charge < -0.3 is 0 Å². The molecule has 2 aromatic rings. The summed E-state index contributed by atoms with van der Waals surface area (Å²) in [6.45, 7) is 3.19. The average Bonchev–Trinajstić information content (AvgIpc) is 2.39. The quantitative estimate of drug-likeness (QED) is 0.738. The van der Waals surface area contributed by atoms with E-state index < -0.39 is 0 Å². The third kappa shape index (κ3) is 1.91. The normalized spacial score (nSPS) is 18.3. The van der Waals surface area contributed by atoms with Gasteiger partial charge in [0.15, 0.2) is 0 Å². The summed E-state index contributed by atoms with van der Waals surface area (Å²) < 4.78 is 2.36. The van der Waals surface area contributed by atoms with E-state index in [1.165, 1.54) is 16.9 Å². The standard InChI is InChI=1S/C15H16N2/c1-12-7-8-15-16-10-9-14(17(15)11-12)13-5-3-2-4-6-13/h2-8,11,14H,9-10H2,1H3/p+1. The summed E-state index contributed by atoms with van der Waals surface area (Å²) in [5, 5.41) is 3.45. The molecule has 0 saturated carbocycles. The fraction of sp³-hybridized carbons (Fsp3) is 0.267. The predicted octanol–water partition coefficient (Wildman–Crippen LogP) is 2.69. The SMILES string of the molecule is Cc1ccc2[n+](c1)C(c1ccccc1)CCN2. The molecular weight excluding hydrogens is 208 g/mol.